The molecular formula is C17H17N3O. The van der Waals surface area contributed by atoms with E-state index in [2.05, 4.69) is 26.9 Å². The Morgan fingerprint density at radius 1 is 1.00 bits per heavy atom. The number of benzene rings is 2. The van der Waals surface area contributed by atoms with Gasteiger partial charge in [0.05, 0.1) is 30.6 Å². The topological polar surface area (TPSA) is 39.1 Å². The predicted molar refractivity (Wildman–Crippen MR) is 84.8 cm³/mol. The number of aliphatic hydroxyl groups is 1. The zero-order chi connectivity index (χ0) is 14.2. The van der Waals surface area contributed by atoms with Crippen LogP contribution in [0.15, 0.2) is 59.6 Å². The van der Waals surface area contributed by atoms with Crippen molar-refractivity contribution < 1.29 is 5.11 Å². The van der Waals surface area contributed by atoms with E-state index in [1.54, 1.807) is 0 Å². The summed E-state index contributed by atoms with van der Waals surface area (Å²) in [7, 11) is 0. The van der Waals surface area contributed by atoms with E-state index < -0.39 is 6.10 Å². The first kappa shape index (κ1) is 12.4. The van der Waals surface area contributed by atoms with Gasteiger partial charge in [0.1, 0.15) is 0 Å². The molecule has 106 valence electrons. The number of para-hydroxylation sites is 2. The molecule has 2 aliphatic heterocycles. The van der Waals surface area contributed by atoms with Crippen LogP contribution in [0.5, 0.6) is 0 Å². The minimum Gasteiger partial charge on any atom is -0.387 e. The third-order valence-electron chi connectivity index (χ3n) is 4.06. The molecule has 1 N–H and O–H groups in total. The quantitative estimate of drug-likeness (QED) is 0.938. The molecular weight excluding hydrogens is 262 g/mol. The molecule has 0 spiro atoms. The van der Waals surface area contributed by atoms with E-state index in [4.69, 9.17) is 0 Å². The van der Waals surface area contributed by atoms with Crippen molar-refractivity contribution in [2.75, 3.05) is 29.4 Å². The number of rotatable bonds is 3. The number of fused-ring (bicyclic) bond motifs is 3. The number of hydrogen-bond acceptors (Lipinski definition) is 4. The summed E-state index contributed by atoms with van der Waals surface area (Å²) in [5.41, 5.74) is 3.26. The molecule has 0 fully saturated rings. The second-order valence-corrected chi connectivity index (χ2v) is 5.36. The molecule has 1 atom stereocenters. The molecule has 4 nitrogen and oxygen atoms in total. The number of hydrogen-bond donors (Lipinski definition) is 1. The van der Waals surface area contributed by atoms with Gasteiger partial charge < -0.3 is 14.9 Å². The molecule has 4 rings (SSSR count). The van der Waals surface area contributed by atoms with E-state index in [1.807, 2.05) is 42.5 Å². The fourth-order valence-corrected chi connectivity index (χ4v) is 3.06. The van der Waals surface area contributed by atoms with E-state index in [1.165, 1.54) is 5.69 Å². The van der Waals surface area contributed by atoms with Crippen molar-refractivity contribution in [3.8, 4) is 0 Å². The van der Waals surface area contributed by atoms with Crippen molar-refractivity contribution in [1.82, 2.24) is 0 Å². The van der Waals surface area contributed by atoms with Gasteiger partial charge in [-0.05, 0) is 17.7 Å². The summed E-state index contributed by atoms with van der Waals surface area (Å²) in [5, 5.41) is 10.5. The lowest BCUT2D eigenvalue weighted by Crippen LogP contribution is -2.37. The van der Waals surface area contributed by atoms with E-state index in [9.17, 15) is 5.11 Å². The highest BCUT2D eigenvalue weighted by molar-refractivity contribution is 6.17. The SMILES string of the molecule is O[C@H](CN1C2=NCCN2c2ccccc21)c1ccccc1. The largest absolute Gasteiger partial charge is 0.387 e. The third kappa shape index (κ3) is 1.99. The fourth-order valence-electron chi connectivity index (χ4n) is 3.06. The fraction of sp³-hybridized carbons (Fsp3) is 0.235. The van der Waals surface area contributed by atoms with Crippen LogP contribution in [0.2, 0.25) is 0 Å². The van der Waals surface area contributed by atoms with Crippen LogP contribution in [0.25, 0.3) is 0 Å². The maximum Gasteiger partial charge on any atom is 0.206 e. The Morgan fingerprint density at radius 3 is 2.52 bits per heavy atom. The van der Waals surface area contributed by atoms with Gasteiger partial charge in [-0.2, -0.15) is 0 Å². The monoisotopic (exact) mass is 279 g/mol. The zero-order valence-corrected chi connectivity index (χ0v) is 11.7. The Kier molecular flexibility index (Phi) is 2.89. The van der Waals surface area contributed by atoms with Gasteiger partial charge in [-0.25, -0.2) is 0 Å². The lowest BCUT2D eigenvalue weighted by molar-refractivity contribution is 0.187. The van der Waals surface area contributed by atoms with E-state index in [0.717, 1.165) is 30.3 Å². The van der Waals surface area contributed by atoms with Crippen molar-refractivity contribution in [1.29, 1.82) is 0 Å². The second kappa shape index (κ2) is 4.90. The van der Waals surface area contributed by atoms with E-state index in [-0.39, 0.29) is 0 Å². The standard InChI is InChI=1S/C17H17N3O/c21-16(13-6-2-1-3-7-13)12-20-15-9-5-4-8-14(15)19-11-10-18-17(19)20/h1-9,16,21H,10-12H2/t16-/m1/s1. The van der Waals surface area contributed by atoms with Crippen molar-refractivity contribution >= 4 is 17.3 Å². The van der Waals surface area contributed by atoms with Gasteiger partial charge >= 0.3 is 0 Å². The first-order chi connectivity index (χ1) is 10.3. The third-order valence-corrected chi connectivity index (χ3v) is 4.06. The number of aliphatic imine (C=N–C) groups is 1. The highest BCUT2D eigenvalue weighted by Crippen LogP contribution is 2.39. The Hall–Kier alpha value is -2.33. The first-order valence-electron chi connectivity index (χ1n) is 7.26. The molecule has 0 saturated carbocycles. The number of guanidine groups is 1. The van der Waals surface area contributed by atoms with Crippen molar-refractivity contribution in [2.45, 2.75) is 6.10 Å². The summed E-state index contributed by atoms with van der Waals surface area (Å²) in [5.74, 6) is 0.964. The van der Waals surface area contributed by atoms with Gasteiger partial charge in [0, 0.05) is 6.54 Å². The number of aliphatic hydroxyl groups excluding tert-OH is 1. The molecule has 2 aromatic rings. The van der Waals surface area contributed by atoms with Crippen LogP contribution >= 0.6 is 0 Å². The molecule has 2 heterocycles. The lowest BCUT2D eigenvalue weighted by Gasteiger charge is -2.23. The minimum atomic E-state index is -0.525. The average molecular weight is 279 g/mol. The molecule has 0 aromatic heterocycles. The zero-order valence-electron chi connectivity index (χ0n) is 11.7. The van der Waals surface area contributed by atoms with Gasteiger partial charge in [0.15, 0.2) is 0 Å². The van der Waals surface area contributed by atoms with Crippen LogP contribution in [0.4, 0.5) is 11.4 Å². The lowest BCUT2D eigenvalue weighted by atomic mass is 10.1. The minimum absolute atomic E-state index is 0.524. The van der Waals surface area contributed by atoms with Crippen molar-refractivity contribution in [2.24, 2.45) is 4.99 Å². The van der Waals surface area contributed by atoms with Crippen LogP contribution in [-0.2, 0) is 0 Å². The summed E-state index contributed by atoms with van der Waals surface area (Å²) in [6.07, 6.45) is -0.525. The van der Waals surface area contributed by atoms with Gasteiger partial charge in [0.2, 0.25) is 5.96 Å². The second-order valence-electron chi connectivity index (χ2n) is 5.36. The smallest absolute Gasteiger partial charge is 0.206 e. The van der Waals surface area contributed by atoms with Crippen LogP contribution in [0.3, 0.4) is 0 Å². The Morgan fingerprint density at radius 2 is 1.71 bits per heavy atom. The summed E-state index contributed by atoms with van der Waals surface area (Å²) >= 11 is 0. The van der Waals surface area contributed by atoms with Crippen LogP contribution < -0.4 is 9.80 Å². The first-order valence-corrected chi connectivity index (χ1v) is 7.26. The molecule has 0 saturated heterocycles. The van der Waals surface area contributed by atoms with Gasteiger partial charge in [-0.1, -0.05) is 42.5 Å². The molecule has 2 aliphatic rings. The van der Waals surface area contributed by atoms with E-state index >= 15 is 0 Å². The van der Waals surface area contributed by atoms with E-state index in [0.29, 0.717) is 6.54 Å². The Bertz CT molecular complexity index is 683. The summed E-state index contributed by atoms with van der Waals surface area (Å²) in [6.45, 7) is 2.27. The maximum absolute atomic E-state index is 10.5. The Labute approximate surface area is 124 Å². The number of nitrogens with zero attached hydrogens (tertiary/aromatic N) is 3. The highest BCUT2D eigenvalue weighted by atomic mass is 16.3. The van der Waals surface area contributed by atoms with Crippen molar-refractivity contribution in [3.63, 3.8) is 0 Å². The van der Waals surface area contributed by atoms with Crippen LogP contribution in [0.1, 0.15) is 11.7 Å². The number of anilines is 2. The summed E-state index contributed by atoms with van der Waals surface area (Å²) in [6, 6.07) is 18.1. The van der Waals surface area contributed by atoms with Gasteiger partial charge in [-0.3, -0.25) is 4.99 Å². The molecule has 2 aromatic carbocycles. The predicted octanol–water partition coefficient (Wildman–Crippen LogP) is 2.42. The molecule has 0 amide bonds. The normalized spacial score (nSPS) is 17.5. The van der Waals surface area contributed by atoms with Gasteiger partial charge in [0.25, 0.3) is 0 Å². The molecule has 0 radical (unpaired) electrons. The molecule has 4 heteroatoms. The molecule has 0 unspecified atom stereocenters. The van der Waals surface area contributed by atoms with Crippen molar-refractivity contribution in [3.05, 3.63) is 60.2 Å². The van der Waals surface area contributed by atoms with Gasteiger partial charge in [-0.15, -0.1) is 0 Å². The average Bonchev–Trinajstić information content (AvgIpc) is 3.11. The Balaban J connectivity index is 1.66. The maximum atomic E-state index is 10.5. The summed E-state index contributed by atoms with van der Waals surface area (Å²) < 4.78 is 0. The van der Waals surface area contributed by atoms with Crippen LogP contribution in [0, 0.1) is 0 Å². The molecule has 0 aliphatic carbocycles. The molecule has 0 bridgehead atoms. The highest BCUT2D eigenvalue weighted by Gasteiger charge is 2.35. The molecule has 21 heavy (non-hydrogen) atoms. The van der Waals surface area contributed by atoms with Crippen LogP contribution in [-0.4, -0.2) is 30.7 Å². The summed E-state index contributed by atoms with van der Waals surface area (Å²) in [4.78, 5) is 8.95. The number of β-amino-alcohol motifs (C(OH)–C–C–N with tert-alkyl or cyclic N) is 1.